The number of aliphatic hydroxyl groups excluding tert-OH is 1. The lowest BCUT2D eigenvalue weighted by Gasteiger charge is -2.13. The van der Waals surface area contributed by atoms with Crippen LogP contribution in [0.5, 0.6) is 0 Å². The first-order valence-electron chi connectivity index (χ1n) is 4.92. The molecule has 0 radical (unpaired) electrons. The molecule has 1 rings (SSSR count). The molecule has 0 bridgehead atoms. The molecule has 1 N–H and O–H groups in total. The number of anilines is 1. The van der Waals surface area contributed by atoms with Crippen LogP contribution in [-0.4, -0.2) is 37.3 Å². The number of aliphatic hydroxyl groups is 1. The van der Waals surface area contributed by atoms with Crippen LogP contribution in [0, 0.1) is 0 Å². The van der Waals surface area contributed by atoms with Crippen LogP contribution in [0.15, 0.2) is 18.3 Å². The van der Waals surface area contributed by atoms with Crippen LogP contribution in [0.25, 0.3) is 0 Å². The van der Waals surface area contributed by atoms with Crippen LogP contribution >= 0.6 is 0 Å². The number of carbonyl (C=O) groups is 1. The molecular formula is C11H16N2O3. The summed E-state index contributed by atoms with van der Waals surface area (Å²) in [5, 5.41) is 9.70. The number of hydrogen-bond acceptors (Lipinski definition) is 5. The Morgan fingerprint density at radius 1 is 1.56 bits per heavy atom. The number of rotatable bonds is 4. The van der Waals surface area contributed by atoms with Crippen molar-refractivity contribution in [1.82, 2.24) is 4.98 Å². The van der Waals surface area contributed by atoms with Crippen LogP contribution in [0.1, 0.15) is 18.1 Å². The summed E-state index contributed by atoms with van der Waals surface area (Å²) in [7, 11) is 5.06. The van der Waals surface area contributed by atoms with Gasteiger partial charge >= 0.3 is 5.97 Å². The molecule has 16 heavy (non-hydrogen) atoms. The summed E-state index contributed by atoms with van der Waals surface area (Å²) in [5.74, 6) is 0.359. The van der Waals surface area contributed by atoms with Crippen molar-refractivity contribution >= 4 is 11.8 Å². The van der Waals surface area contributed by atoms with E-state index in [2.05, 4.69) is 9.72 Å². The van der Waals surface area contributed by atoms with Gasteiger partial charge in [0.05, 0.1) is 19.6 Å². The summed E-state index contributed by atoms with van der Waals surface area (Å²) >= 11 is 0. The molecule has 0 aliphatic carbocycles. The number of methoxy groups -OCH3 is 1. The molecule has 1 atom stereocenters. The van der Waals surface area contributed by atoms with Gasteiger partial charge in [-0.3, -0.25) is 4.79 Å². The standard InChI is InChI=1S/C11H16N2O3/c1-13(2)10-5-4-8(7-12-10)9(14)6-11(15)16-3/h4-5,7,9,14H,6H2,1-3H3/t9-/m0/s1. The second kappa shape index (κ2) is 5.46. The Morgan fingerprint density at radius 2 is 2.25 bits per heavy atom. The number of ether oxygens (including phenoxy) is 1. The second-order valence-corrected chi connectivity index (χ2v) is 3.64. The lowest BCUT2D eigenvalue weighted by Crippen LogP contribution is -2.12. The third kappa shape index (κ3) is 3.20. The first-order valence-corrected chi connectivity index (χ1v) is 4.92. The molecule has 0 fully saturated rings. The molecule has 0 aromatic carbocycles. The molecule has 0 amide bonds. The highest BCUT2D eigenvalue weighted by Crippen LogP contribution is 2.18. The molecule has 88 valence electrons. The smallest absolute Gasteiger partial charge is 0.308 e. The number of hydrogen-bond donors (Lipinski definition) is 1. The molecule has 0 aliphatic heterocycles. The van der Waals surface area contributed by atoms with Crippen molar-refractivity contribution in [3.05, 3.63) is 23.9 Å². The van der Waals surface area contributed by atoms with E-state index in [0.717, 1.165) is 5.82 Å². The van der Waals surface area contributed by atoms with Crippen LogP contribution in [0.2, 0.25) is 0 Å². The van der Waals surface area contributed by atoms with Gasteiger partial charge in [0.2, 0.25) is 0 Å². The topological polar surface area (TPSA) is 62.7 Å². The Hall–Kier alpha value is -1.62. The van der Waals surface area contributed by atoms with Crippen molar-refractivity contribution in [1.29, 1.82) is 0 Å². The molecule has 0 unspecified atom stereocenters. The Morgan fingerprint density at radius 3 is 2.69 bits per heavy atom. The highest BCUT2D eigenvalue weighted by molar-refractivity contribution is 5.70. The zero-order chi connectivity index (χ0) is 12.1. The van der Waals surface area contributed by atoms with Gasteiger partial charge in [-0.05, 0) is 11.6 Å². The quantitative estimate of drug-likeness (QED) is 0.764. The van der Waals surface area contributed by atoms with E-state index in [-0.39, 0.29) is 6.42 Å². The van der Waals surface area contributed by atoms with Gasteiger partial charge in [-0.15, -0.1) is 0 Å². The maximum absolute atomic E-state index is 11.0. The highest BCUT2D eigenvalue weighted by Gasteiger charge is 2.13. The van der Waals surface area contributed by atoms with E-state index in [4.69, 9.17) is 0 Å². The Labute approximate surface area is 94.7 Å². The zero-order valence-corrected chi connectivity index (χ0v) is 9.67. The summed E-state index contributed by atoms with van der Waals surface area (Å²) in [5.41, 5.74) is 0.607. The van der Waals surface area contributed by atoms with Gasteiger partial charge in [0.1, 0.15) is 5.82 Å². The molecule has 5 heteroatoms. The summed E-state index contributed by atoms with van der Waals surface area (Å²) in [6.07, 6.45) is 0.638. The summed E-state index contributed by atoms with van der Waals surface area (Å²) in [4.78, 5) is 17.0. The third-order valence-electron chi connectivity index (χ3n) is 2.20. The predicted octanol–water partition coefficient (Wildman–Crippen LogP) is 0.744. The zero-order valence-electron chi connectivity index (χ0n) is 9.67. The van der Waals surface area contributed by atoms with Crippen LogP contribution in [-0.2, 0) is 9.53 Å². The second-order valence-electron chi connectivity index (χ2n) is 3.64. The van der Waals surface area contributed by atoms with Crippen molar-refractivity contribution in [3.8, 4) is 0 Å². The van der Waals surface area contributed by atoms with Crippen molar-refractivity contribution in [2.45, 2.75) is 12.5 Å². The van der Waals surface area contributed by atoms with E-state index in [9.17, 15) is 9.90 Å². The number of pyridine rings is 1. The molecule has 1 heterocycles. The van der Waals surface area contributed by atoms with Gasteiger partial charge in [-0.2, -0.15) is 0 Å². The SMILES string of the molecule is COC(=O)C[C@H](O)c1ccc(N(C)C)nc1. The summed E-state index contributed by atoms with van der Waals surface area (Å²) in [6, 6.07) is 3.53. The minimum Gasteiger partial charge on any atom is -0.469 e. The third-order valence-corrected chi connectivity index (χ3v) is 2.20. The number of carbonyl (C=O) groups excluding carboxylic acids is 1. The number of esters is 1. The Balaban J connectivity index is 2.70. The van der Waals surface area contributed by atoms with Crippen LogP contribution < -0.4 is 4.90 Å². The van der Waals surface area contributed by atoms with Crippen molar-refractivity contribution in [2.24, 2.45) is 0 Å². The lowest BCUT2D eigenvalue weighted by molar-refractivity contribution is -0.142. The molecule has 0 saturated heterocycles. The maximum atomic E-state index is 11.0. The Kier molecular flexibility index (Phi) is 4.25. The van der Waals surface area contributed by atoms with E-state index >= 15 is 0 Å². The van der Waals surface area contributed by atoms with E-state index < -0.39 is 12.1 Å². The molecule has 1 aromatic rings. The molecule has 0 spiro atoms. The molecule has 1 aromatic heterocycles. The highest BCUT2D eigenvalue weighted by atomic mass is 16.5. The predicted molar refractivity (Wildman–Crippen MR) is 60.2 cm³/mol. The normalized spacial score (nSPS) is 12.0. The van der Waals surface area contributed by atoms with Crippen molar-refractivity contribution < 1.29 is 14.6 Å². The minimum absolute atomic E-state index is 0.0561. The van der Waals surface area contributed by atoms with Gasteiger partial charge in [0.25, 0.3) is 0 Å². The van der Waals surface area contributed by atoms with Gasteiger partial charge in [-0.25, -0.2) is 4.98 Å². The summed E-state index contributed by atoms with van der Waals surface area (Å²) in [6.45, 7) is 0. The largest absolute Gasteiger partial charge is 0.469 e. The van der Waals surface area contributed by atoms with E-state index in [0.29, 0.717) is 5.56 Å². The van der Waals surface area contributed by atoms with Crippen molar-refractivity contribution in [2.75, 3.05) is 26.1 Å². The fraction of sp³-hybridized carbons (Fsp3) is 0.455. The molecule has 0 aliphatic rings. The first-order chi connectivity index (χ1) is 7.54. The van der Waals surface area contributed by atoms with Crippen molar-refractivity contribution in [3.63, 3.8) is 0 Å². The average molecular weight is 224 g/mol. The average Bonchev–Trinajstić information content (AvgIpc) is 2.28. The fourth-order valence-corrected chi connectivity index (χ4v) is 1.22. The number of nitrogens with zero attached hydrogens (tertiary/aromatic N) is 2. The molecular weight excluding hydrogens is 208 g/mol. The minimum atomic E-state index is -0.865. The molecule has 0 saturated carbocycles. The first kappa shape index (κ1) is 12.4. The fourth-order valence-electron chi connectivity index (χ4n) is 1.22. The van der Waals surface area contributed by atoms with E-state index in [1.807, 2.05) is 19.0 Å². The monoisotopic (exact) mass is 224 g/mol. The number of aromatic nitrogens is 1. The molecule has 5 nitrogen and oxygen atoms in total. The van der Waals surface area contributed by atoms with Gasteiger partial charge in [0, 0.05) is 20.3 Å². The van der Waals surface area contributed by atoms with Gasteiger partial charge < -0.3 is 14.7 Å². The Bertz CT molecular complexity index is 349. The van der Waals surface area contributed by atoms with Gasteiger partial charge in [0.15, 0.2) is 0 Å². The maximum Gasteiger partial charge on any atom is 0.308 e. The summed E-state index contributed by atoms with van der Waals surface area (Å²) < 4.78 is 4.48. The van der Waals surface area contributed by atoms with Crippen LogP contribution in [0.3, 0.4) is 0 Å². The van der Waals surface area contributed by atoms with E-state index in [1.165, 1.54) is 7.11 Å². The lowest BCUT2D eigenvalue weighted by atomic mass is 10.1. The van der Waals surface area contributed by atoms with Gasteiger partial charge in [-0.1, -0.05) is 6.07 Å². The van der Waals surface area contributed by atoms with E-state index in [1.54, 1.807) is 18.3 Å². The van der Waals surface area contributed by atoms with Crippen LogP contribution in [0.4, 0.5) is 5.82 Å².